The Labute approximate surface area is 47.9 Å². The number of carbonyl (C=O) groups excluding carboxylic acids is 1. The van der Waals surface area contributed by atoms with Gasteiger partial charge in [-0.2, -0.15) is 0 Å². The van der Waals surface area contributed by atoms with Crippen LogP contribution in [0.4, 0.5) is 0 Å². The van der Waals surface area contributed by atoms with Gasteiger partial charge in [0.15, 0.2) is 0 Å². The van der Waals surface area contributed by atoms with E-state index in [0.717, 1.165) is 0 Å². The van der Waals surface area contributed by atoms with Gasteiger partial charge in [-0.25, -0.2) is 0 Å². The first-order valence-electron chi connectivity index (χ1n) is 2.07. The normalized spacial score (nSPS) is 7.62. The second-order valence-electron chi connectivity index (χ2n) is 1.26. The highest BCUT2D eigenvalue weighted by molar-refractivity contribution is 5.73. The molecule has 0 fully saturated rings. The lowest BCUT2D eigenvalue weighted by molar-refractivity contribution is -0.125. The number of carbonyl (C=O) groups is 1. The summed E-state index contributed by atoms with van der Waals surface area (Å²) in [6, 6.07) is 0. The summed E-state index contributed by atoms with van der Waals surface area (Å²) in [6.07, 6.45) is 4.72. The van der Waals surface area contributed by atoms with E-state index in [-0.39, 0.29) is 11.6 Å². The second kappa shape index (κ2) is 3.05. The van der Waals surface area contributed by atoms with Crippen molar-refractivity contribution >= 4 is 5.91 Å². The van der Waals surface area contributed by atoms with E-state index in [1.165, 1.54) is 6.92 Å². The predicted octanol–water partition coefficient (Wildman–Crippen LogP) is -0.0341. The molecule has 0 aliphatic heterocycles. The van der Waals surface area contributed by atoms with Gasteiger partial charge in [0.1, 0.15) is 0 Å². The molecule has 0 bridgehead atoms. The lowest BCUT2D eigenvalue weighted by Gasteiger charge is -2.22. The third-order valence-electron chi connectivity index (χ3n) is 0.586. The maximum Gasteiger partial charge on any atom is 0.209 e. The molecule has 0 atom stereocenters. The molecule has 0 radical (unpaired) electrons. The van der Waals surface area contributed by atoms with Crippen molar-refractivity contribution in [1.82, 2.24) is 5.06 Å². The zero-order chi connectivity index (χ0) is 6.57. The molecular formula is C5H6NO2-. The Morgan fingerprint density at radius 2 is 2.50 bits per heavy atom. The first kappa shape index (κ1) is 6.99. The zero-order valence-electron chi connectivity index (χ0n) is 4.55. The van der Waals surface area contributed by atoms with E-state index in [1.807, 2.05) is 5.92 Å². The molecule has 0 aliphatic rings. The first-order valence-corrected chi connectivity index (χ1v) is 2.07. The van der Waals surface area contributed by atoms with Gasteiger partial charge in [0.05, 0.1) is 6.54 Å². The van der Waals surface area contributed by atoms with Gasteiger partial charge in [-0.05, 0) is 0 Å². The van der Waals surface area contributed by atoms with Crippen molar-refractivity contribution in [2.24, 2.45) is 0 Å². The summed E-state index contributed by atoms with van der Waals surface area (Å²) < 4.78 is 0. The van der Waals surface area contributed by atoms with Crippen molar-refractivity contribution < 1.29 is 4.79 Å². The molecular weight excluding hydrogens is 106 g/mol. The molecule has 0 rings (SSSR count). The molecule has 0 aromatic rings. The molecule has 44 valence electrons. The standard InChI is InChI=1S/C5H6NO2/c1-3-4-6(8)5(2)7/h1H,4H2,2H3/q-1. The maximum absolute atomic E-state index is 10.2. The van der Waals surface area contributed by atoms with Crippen molar-refractivity contribution in [3.63, 3.8) is 0 Å². The smallest absolute Gasteiger partial charge is 0.209 e. The van der Waals surface area contributed by atoms with Gasteiger partial charge in [-0.1, -0.05) is 5.92 Å². The number of hydrogen-bond acceptors (Lipinski definition) is 2. The summed E-state index contributed by atoms with van der Waals surface area (Å²) in [4.78, 5) is 10.1. The summed E-state index contributed by atoms with van der Waals surface area (Å²) in [5.74, 6) is 1.49. The Kier molecular flexibility index (Phi) is 2.67. The molecule has 3 nitrogen and oxygen atoms in total. The van der Waals surface area contributed by atoms with Crippen LogP contribution in [0, 0.1) is 17.6 Å². The largest absolute Gasteiger partial charge is 0.756 e. The third-order valence-corrected chi connectivity index (χ3v) is 0.586. The average Bonchev–Trinajstić information content (AvgIpc) is 1.67. The minimum atomic E-state index is -0.553. The Balaban J connectivity index is 3.52. The van der Waals surface area contributed by atoms with Crippen LogP contribution in [0.25, 0.3) is 0 Å². The molecule has 0 spiro atoms. The van der Waals surface area contributed by atoms with Crippen LogP contribution in [0.5, 0.6) is 0 Å². The fraction of sp³-hybridized carbons (Fsp3) is 0.400. The lowest BCUT2D eigenvalue weighted by Crippen LogP contribution is -2.21. The SMILES string of the molecule is C#CCN([O-])C(C)=O. The molecule has 0 N–H and O–H groups in total. The highest BCUT2D eigenvalue weighted by Crippen LogP contribution is 1.80. The number of rotatable bonds is 1. The van der Waals surface area contributed by atoms with E-state index < -0.39 is 5.91 Å². The number of amides is 1. The quantitative estimate of drug-likeness (QED) is 0.353. The van der Waals surface area contributed by atoms with Crippen LogP contribution in [0.15, 0.2) is 0 Å². The van der Waals surface area contributed by atoms with Gasteiger partial charge < -0.3 is 10.3 Å². The van der Waals surface area contributed by atoms with Crippen LogP contribution in [-0.2, 0) is 4.79 Å². The van der Waals surface area contributed by atoms with Crippen LogP contribution in [0.3, 0.4) is 0 Å². The molecule has 0 saturated heterocycles. The van der Waals surface area contributed by atoms with Gasteiger partial charge in [0, 0.05) is 6.92 Å². The molecule has 0 saturated carbocycles. The Bertz CT molecular complexity index is 125. The second-order valence-corrected chi connectivity index (χ2v) is 1.26. The fourth-order valence-corrected chi connectivity index (χ4v) is 0.194. The lowest BCUT2D eigenvalue weighted by atomic mass is 10.6. The molecule has 0 heterocycles. The van der Waals surface area contributed by atoms with E-state index in [2.05, 4.69) is 0 Å². The highest BCUT2D eigenvalue weighted by Gasteiger charge is 1.88. The van der Waals surface area contributed by atoms with E-state index in [1.54, 1.807) is 0 Å². The summed E-state index contributed by atoms with van der Waals surface area (Å²) in [5.41, 5.74) is 0. The van der Waals surface area contributed by atoms with Crippen molar-refractivity contribution in [2.75, 3.05) is 6.54 Å². The van der Waals surface area contributed by atoms with Crippen molar-refractivity contribution in [1.29, 1.82) is 0 Å². The van der Waals surface area contributed by atoms with Crippen molar-refractivity contribution in [3.8, 4) is 12.3 Å². The summed E-state index contributed by atoms with van der Waals surface area (Å²) in [6.45, 7) is 1.01. The molecule has 3 heteroatoms. The topological polar surface area (TPSA) is 43.4 Å². The van der Waals surface area contributed by atoms with Gasteiger partial charge in [-0.3, -0.25) is 4.79 Å². The molecule has 1 amide bonds. The fourth-order valence-electron chi connectivity index (χ4n) is 0.194. The van der Waals surface area contributed by atoms with Crippen LogP contribution in [0.1, 0.15) is 6.92 Å². The third kappa shape index (κ3) is 2.21. The van der Waals surface area contributed by atoms with Crippen LogP contribution in [-0.4, -0.2) is 17.5 Å². The minimum absolute atomic E-state index is 0.157. The number of hydrogen-bond donors (Lipinski definition) is 0. The van der Waals surface area contributed by atoms with Gasteiger partial charge >= 0.3 is 0 Å². The van der Waals surface area contributed by atoms with Crippen LogP contribution in [0.2, 0.25) is 0 Å². The Hall–Kier alpha value is -1.01. The monoisotopic (exact) mass is 112 g/mol. The average molecular weight is 112 g/mol. The molecule has 0 aliphatic carbocycles. The van der Waals surface area contributed by atoms with E-state index in [9.17, 15) is 10.0 Å². The maximum atomic E-state index is 10.2. The molecule has 0 aromatic heterocycles. The van der Waals surface area contributed by atoms with Crippen molar-refractivity contribution in [2.45, 2.75) is 6.92 Å². The van der Waals surface area contributed by atoms with Gasteiger partial charge in [-0.15, -0.1) is 6.42 Å². The number of nitrogens with zero attached hydrogens (tertiary/aromatic N) is 1. The molecule has 0 aromatic carbocycles. The summed E-state index contributed by atoms with van der Waals surface area (Å²) in [7, 11) is 0. The van der Waals surface area contributed by atoms with Gasteiger partial charge in [0.25, 0.3) is 0 Å². The Morgan fingerprint density at radius 1 is 2.00 bits per heavy atom. The number of hydroxylamine groups is 2. The van der Waals surface area contributed by atoms with Gasteiger partial charge in [0.2, 0.25) is 5.91 Å². The zero-order valence-corrected chi connectivity index (χ0v) is 4.55. The summed E-state index contributed by atoms with van der Waals surface area (Å²) >= 11 is 0. The van der Waals surface area contributed by atoms with E-state index in [0.29, 0.717) is 0 Å². The van der Waals surface area contributed by atoms with Crippen LogP contribution >= 0.6 is 0 Å². The van der Waals surface area contributed by atoms with Crippen molar-refractivity contribution in [3.05, 3.63) is 5.21 Å². The molecule has 8 heavy (non-hydrogen) atoms. The number of terminal acetylenes is 1. The highest BCUT2D eigenvalue weighted by atomic mass is 16.5. The van der Waals surface area contributed by atoms with Crippen LogP contribution < -0.4 is 0 Å². The van der Waals surface area contributed by atoms with E-state index >= 15 is 0 Å². The molecule has 0 unspecified atom stereocenters. The van der Waals surface area contributed by atoms with E-state index in [4.69, 9.17) is 6.42 Å². The first-order chi connectivity index (χ1) is 3.68. The minimum Gasteiger partial charge on any atom is -0.756 e. The summed E-state index contributed by atoms with van der Waals surface area (Å²) in [5, 5.41) is 10.4. The Morgan fingerprint density at radius 3 is 2.62 bits per heavy atom. The predicted molar refractivity (Wildman–Crippen MR) is 29.6 cm³/mol.